The van der Waals surface area contributed by atoms with Gasteiger partial charge in [0, 0.05) is 18.0 Å². The first-order chi connectivity index (χ1) is 11.9. The number of hydrogen-bond donors (Lipinski definition) is 1. The lowest BCUT2D eigenvalue weighted by Crippen LogP contribution is -2.36. The number of rotatable bonds is 6. The highest BCUT2D eigenvalue weighted by Gasteiger charge is 2.45. The van der Waals surface area contributed by atoms with E-state index in [1.807, 2.05) is 37.4 Å². The van der Waals surface area contributed by atoms with E-state index in [4.69, 9.17) is 4.42 Å². The number of nitrogens with zero attached hydrogens (tertiary/aromatic N) is 2. The van der Waals surface area contributed by atoms with Crippen molar-refractivity contribution in [3.63, 3.8) is 0 Å². The molecule has 6 nitrogen and oxygen atoms in total. The molecule has 1 amide bonds. The first kappa shape index (κ1) is 17.4. The summed E-state index contributed by atoms with van der Waals surface area (Å²) in [5.74, 6) is -1.35. The minimum atomic E-state index is -0.593. The number of carbonyl (C=O) groups is 2. The van der Waals surface area contributed by atoms with Crippen LogP contribution in [0.15, 0.2) is 45.6 Å². The van der Waals surface area contributed by atoms with Crippen molar-refractivity contribution in [2.75, 3.05) is 27.2 Å². The van der Waals surface area contributed by atoms with Crippen LogP contribution in [0.1, 0.15) is 27.0 Å². The highest BCUT2D eigenvalue weighted by Crippen LogP contribution is 2.42. The molecule has 3 heterocycles. The molecule has 0 aliphatic carbocycles. The molecule has 1 aliphatic heterocycles. The van der Waals surface area contributed by atoms with Crippen molar-refractivity contribution < 1.29 is 19.1 Å². The third-order valence-electron chi connectivity index (χ3n) is 4.23. The summed E-state index contributed by atoms with van der Waals surface area (Å²) in [5.41, 5.74) is 1.07. The average Bonchev–Trinajstić information content (AvgIpc) is 3.27. The normalized spacial score (nSPS) is 17.8. The van der Waals surface area contributed by atoms with Crippen molar-refractivity contribution in [3.8, 4) is 0 Å². The van der Waals surface area contributed by atoms with Crippen LogP contribution in [0.3, 0.4) is 0 Å². The molecular formula is C18H20N2O4S. The van der Waals surface area contributed by atoms with Crippen LogP contribution in [0.5, 0.6) is 0 Å². The Morgan fingerprint density at radius 1 is 1.40 bits per heavy atom. The van der Waals surface area contributed by atoms with Crippen molar-refractivity contribution in [2.45, 2.75) is 13.0 Å². The topological polar surface area (TPSA) is 74.0 Å². The Labute approximate surface area is 150 Å². The Morgan fingerprint density at radius 2 is 2.16 bits per heavy atom. The fraction of sp³-hybridized carbons (Fsp3) is 0.333. The van der Waals surface area contributed by atoms with Gasteiger partial charge in [-0.2, -0.15) is 0 Å². The van der Waals surface area contributed by atoms with E-state index in [1.54, 1.807) is 11.0 Å². The zero-order chi connectivity index (χ0) is 18.1. The Hall–Kier alpha value is -2.38. The maximum Gasteiger partial charge on any atom is 0.290 e. The third-order valence-corrected chi connectivity index (χ3v) is 5.30. The van der Waals surface area contributed by atoms with Gasteiger partial charge in [-0.15, -0.1) is 11.3 Å². The van der Waals surface area contributed by atoms with Gasteiger partial charge in [0.25, 0.3) is 5.91 Å². The summed E-state index contributed by atoms with van der Waals surface area (Å²) in [7, 11) is 3.82. The smallest absolute Gasteiger partial charge is 0.290 e. The summed E-state index contributed by atoms with van der Waals surface area (Å²) in [4.78, 5) is 29.9. The van der Waals surface area contributed by atoms with Crippen molar-refractivity contribution in [1.29, 1.82) is 0 Å². The van der Waals surface area contributed by atoms with Gasteiger partial charge in [-0.1, -0.05) is 0 Å². The van der Waals surface area contributed by atoms with Gasteiger partial charge < -0.3 is 19.3 Å². The molecule has 132 valence electrons. The molecule has 0 radical (unpaired) electrons. The maximum absolute atomic E-state index is 12.9. The molecule has 0 fully saturated rings. The molecule has 1 N–H and O–H groups in total. The van der Waals surface area contributed by atoms with Gasteiger partial charge in [-0.05, 0) is 50.2 Å². The van der Waals surface area contributed by atoms with E-state index in [0.29, 0.717) is 13.1 Å². The minimum Gasteiger partial charge on any atom is -0.503 e. The first-order valence-electron chi connectivity index (χ1n) is 7.92. The molecule has 1 aliphatic rings. The second-order valence-corrected chi connectivity index (χ2v) is 7.19. The van der Waals surface area contributed by atoms with Crippen molar-refractivity contribution in [1.82, 2.24) is 9.80 Å². The van der Waals surface area contributed by atoms with Gasteiger partial charge in [0.05, 0.1) is 11.8 Å². The summed E-state index contributed by atoms with van der Waals surface area (Å²) in [6.07, 6.45) is 1.40. The van der Waals surface area contributed by atoms with E-state index in [-0.39, 0.29) is 11.3 Å². The largest absolute Gasteiger partial charge is 0.503 e. The summed E-state index contributed by atoms with van der Waals surface area (Å²) < 4.78 is 5.19. The van der Waals surface area contributed by atoms with E-state index < -0.39 is 23.5 Å². The lowest BCUT2D eigenvalue weighted by Gasteiger charge is -2.27. The fourth-order valence-corrected chi connectivity index (χ4v) is 3.95. The number of aliphatic hydroxyl groups excluding tert-OH is 1. The van der Waals surface area contributed by atoms with Crippen LogP contribution in [0.2, 0.25) is 0 Å². The van der Waals surface area contributed by atoms with Crippen molar-refractivity contribution in [3.05, 3.63) is 57.4 Å². The number of carbonyl (C=O) groups excluding carboxylic acids is 2. The Kier molecular flexibility index (Phi) is 4.78. The lowest BCUT2D eigenvalue weighted by atomic mass is 9.98. The highest BCUT2D eigenvalue weighted by molar-refractivity contribution is 7.10. The quantitative estimate of drug-likeness (QED) is 0.802. The number of likely N-dealkylation sites (N-methyl/N-ethyl adjacent to an activating group) is 1. The Bertz CT molecular complexity index is 820. The van der Waals surface area contributed by atoms with Crippen LogP contribution in [0, 0.1) is 6.92 Å². The van der Waals surface area contributed by atoms with Crippen LogP contribution in [-0.2, 0) is 4.79 Å². The zero-order valence-corrected chi connectivity index (χ0v) is 15.2. The highest BCUT2D eigenvalue weighted by atomic mass is 32.1. The van der Waals surface area contributed by atoms with Crippen LogP contribution in [0.4, 0.5) is 0 Å². The fourth-order valence-electron chi connectivity index (χ4n) is 2.90. The number of aliphatic hydroxyl groups is 1. The maximum atomic E-state index is 12.9. The summed E-state index contributed by atoms with van der Waals surface area (Å²) in [6, 6.07) is 4.49. The third kappa shape index (κ3) is 3.12. The summed E-state index contributed by atoms with van der Waals surface area (Å²) in [5, 5.41) is 12.4. The molecule has 7 heteroatoms. The molecule has 2 aromatic heterocycles. The number of Topliss-reactive ketones (excluding diaryl/α,β-unsaturated/α-hetero) is 1. The first-order valence-corrected chi connectivity index (χ1v) is 8.80. The number of aryl methyl sites for hydroxylation is 1. The molecule has 0 spiro atoms. The number of thiophene rings is 1. The number of hydrogen-bond acceptors (Lipinski definition) is 6. The molecule has 2 aromatic rings. The van der Waals surface area contributed by atoms with Gasteiger partial charge >= 0.3 is 0 Å². The van der Waals surface area contributed by atoms with Gasteiger partial charge in [0.15, 0.2) is 11.5 Å². The Morgan fingerprint density at radius 3 is 2.72 bits per heavy atom. The second-order valence-electron chi connectivity index (χ2n) is 6.24. The van der Waals surface area contributed by atoms with Crippen LogP contribution in [-0.4, -0.2) is 53.8 Å². The number of ketones is 1. The zero-order valence-electron chi connectivity index (χ0n) is 14.4. The van der Waals surface area contributed by atoms with E-state index in [1.165, 1.54) is 23.7 Å². The van der Waals surface area contributed by atoms with Crippen LogP contribution in [0.25, 0.3) is 0 Å². The van der Waals surface area contributed by atoms with E-state index in [2.05, 4.69) is 0 Å². The summed E-state index contributed by atoms with van der Waals surface area (Å²) >= 11 is 1.47. The van der Waals surface area contributed by atoms with Crippen LogP contribution < -0.4 is 0 Å². The van der Waals surface area contributed by atoms with Crippen LogP contribution >= 0.6 is 11.3 Å². The molecular weight excluding hydrogens is 340 g/mol. The molecule has 0 saturated heterocycles. The predicted octanol–water partition coefficient (Wildman–Crippen LogP) is 2.79. The average molecular weight is 360 g/mol. The lowest BCUT2D eigenvalue weighted by molar-refractivity contribution is -0.129. The van der Waals surface area contributed by atoms with Crippen molar-refractivity contribution >= 4 is 23.0 Å². The molecule has 0 saturated carbocycles. The minimum absolute atomic E-state index is 0.0873. The molecule has 0 aromatic carbocycles. The SMILES string of the molecule is Cc1ccsc1C1C(C(=O)c2ccco2)=C(O)C(=O)N1CCN(C)C. The van der Waals surface area contributed by atoms with E-state index >= 15 is 0 Å². The van der Waals surface area contributed by atoms with Gasteiger partial charge in [0.1, 0.15) is 6.04 Å². The molecule has 25 heavy (non-hydrogen) atoms. The Balaban J connectivity index is 2.05. The predicted molar refractivity (Wildman–Crippen MR) is 94.8 cm³/mol. The summed E-state index contributed by atoms with van der Waals surface area (Å²) in [6.45, 7) is 2.97. The monoisotopic (exact) mass is 360 g/mol. The van der Waals surface area contributed by atoms with Gasteiger partial charge in [-0.25, -0.2) is 0 Å². The van der Waals surface area contributed by atoms with E-state index in [0.717, 1.165) is 10.4 Å². The van der Waals surface area contributed by atoms with Gasteiger partial charge in [0.2, 0.25) is 5.78 Å². The molecule has 0 bridgehead atoms. The standard InChI is InChI=1S/C18H20N2O4S/c1-11-6-10-25-17(11)14-13(15(21)12-5-4-9-24-12)16(22)18(23)20(14)8-7-19(2)3/h4-6,9-10,14,22H,7-8H2,1-3H3. The van der Waals surface area contributed by atoms with Gasteiger partial charge in [-0.3, -0.25) is 9.59 Å². The number of furan rings is 1. The second kappa shape index (κ2) is 6.85. The van der Waals surface area contributed by atoms with E-state index in [9.17, 15) is 14.7 Å². The number of amides is 1. The molecule has 1 unspecified atom stereocenters. The molecule has 1 atom stereocenters. The van der Waals surface area contributed by atoms with Crippen molar-refractivity contribution in [2.24, 2.45) is 0 Å². The molecule has 3 rings (SSSR count).